The molecule has 7 nitrogen and oxygen atoms in total. The Labute approximate surface area is 125 Å². The van der Waals surface area contributed by atoms with Crippen LogP contribution in [0, 0.1) is 5.82 Å². The van der Waals surface area contributed by atoms with Gasteiger partial charge >= 0.3 is 0 Å². The number of hydrogen-bond donors (Lipinski definition) is 1. The lowest BCUT2D eigenvalue weighted by Crippen LogP contribution is -2.45. The van der Waals surface area contributed by atoms with Gasteiger partial charge in [-0.25, -0.2) is 9.07 Å². The van der Waals surface area contributed by atoms with Crippen molar-refractivity contribution >= 4 is 11.8 Å². The molecule has 1 aromatic heterocycles. The van der Waals surface area contributed by atoms with Crippen LogP contribution in [-0.4, -0.2) is 38.3 Å². The Morgan fingerprint density at radius 3 is 2.77 bits per heavy atom. The van der Waals surface area contributed by atoms with Gasteiger partial charge in [0.1, 0.15) is 12.4 Å². The molecule has 3 rings (SSSR count). The van der Waals surface area contributed by atoms with Crippen LogP contribution in [0.5, 0.6) is 0 Å². The number of amides is 2. The first kappa shape index (κ1) is 14.2. The van der Waals surface area contributed by atoms with Crippen molar-refractivity contribution in [1.29, 1.82) is 0 Å². The zero-order valence-electron chi connectivity index (χ0n) is 11.6. The molecule has 1 aromatic carbocycles. The second-order valence-electron chi connectivity index (χ2n) is 5.09. The van der Waals surface area contributed by atoms with Gasteiger partial charge in [0.05, 0.1) is 12.2 Å². The molecule has 0 aliphatic carbocycles. The molecule has 0 saturated carbocycles. The summed E-state index contributed by atoms with van der Waals surface area (Å²) in [5, 5.41) is 7.42. The average molecular weight is 303 g/mol. The molecule has 2 aromatic rings. The molecular weight excluding hydrogens is 289 g/mol. The number of benzene rings is 1. The number of rotatable bonds is 4. The summed E-state index contributed by atoms with van der Waals surface area (Å²) < 4.78 is 15.0. The van der Waals surface area contributed by atoms with Crippen molar-refractivity contribution in [2.45, 2.75) is 19.0 Å². The van der Waals surface area contributed by atoms with E-state index in [2.05, 4.69) is 10.3 Å². The van der Waals surface area contributed by atoms with Crippen LogP contribution in [0.4, 0.5) is 4.39 Å². The molecule has 2 amide bonds. The summed E-state index contributed by atoms with van der Waals surface area (Å²) in [5.74, 6) is -1.24. The SMILES string of the molecule is NC(=O)Cn1cc(C(=O)N2CCC2c2ccccc2F)nn1. The fourth-order valence-electron chi connectivity index (χ4n) is 2.48. The quantitative estimate of drug-likeness (QED) is 0.889. The number of carbonyl (C=O) groups excluding carboxylic acids is 2. The van der Waals surface area contributed by atoms with Crippen LogP contribution in [0.25, 0.3) is 0 Å². The highest BCUT2D eigenvalue weighted by atomic mass is 19.1. The Hall–Kier alpha value is -2.77. The minimum absolute atomic E-state index is 0.113. The fraction of sp³-hybridized carbons (Fsp3) is 0.286. The summed E-state index contributed by atoms with van der Waals surface area (Å²) in [7, 11) is 0. The molecule has 0 spiro atoms. The molecule has 22 heavy (non-hydrogen) atoms. The molecule has 0 bridgehead atoms. The molecule has 1 fully saturated rings. The predicted octanol–water partition coefficient (Wildman–Crippen LogP) is 0.490. The molecular formula is C14H14FN5O2. The molecule has 1 aliphatic rings. The lowest BCUT2D eigenvalue weighted by Gasteiger charge is -2.40. The van der Waals surface area contributed by atoms with Gasteiger partial charge in [0, 0.05) is 12.1 Å². The molecule has 2 N–H and O–H groups in total. The number of likely N-dealkylation sites (tertiary alicyclic amines) is 1. The number of carbonyl (C=O) groups is 2. The van der Waals surface area contributed by atoms with E-state index in [0.717, 1.165) is 0 Å². The molecule has 8 heteroatoms. The second kappa shape index (κ2) is 5.55. The molecule has 0 radical (unpaired) electrons. The summed E-state index contributed by atoms with van der Waals surface area (Å²) in [6.07, 6.45) is 2.06. The predicted molar refractivity (Wildman–Crippen MR) is 74.0 cm³/mol. The maximum atomic E-state index is 13.8. The summed E-state index contributed by atoms with van der Waals surface area (Å²) in [5.41, 5.74) is 5.66. The van der Waals surface area contributed by atoms with E-state index in [0.29, 0.717) is 18.5 Å². The summed E-state index contributed by atoms with van der Waals surface area (Å²) in [6.45, 7) is 0.386. The van der Waals surface area contributed by atoms with Crippen molar-refractivity contribution < 1.29 is 14.0 Å². The van der Waals surface area contributed by atoms with Crippen LogP contribution in [0.1, 0.15) is 28.5 Å². The van der Waals surface area contributed by atoms with Crippen LogP contribution >= 0.6 is 0 Å². The third-order valence-electron chi connectivity index (χ3n) is 3.62. The highest BCUT2D eigenvalue weighted by Gasteiger charge is 2.36. The Morgan fingerprint density at radius 2 is 2.14 bits per heavy atom. The smallest absolute Gasteiger partial charge is 0.276 e. The first-order chi connectivity index (χ1) is 10.6. The van der Waals surface area contributed by atoms with Gasteiger partial charge < -0.3 is 10.6 Å². The first-order valence-electron chi connectivity index (χ1n) is 6.80. The zero-order chi connectivity index (χ0) is 15.7. The topological polar surface area (TPSA) is 94.1 Å². The third-order valence-corrected chi connectivity index (χ3v) is 3.62. The summed E-state index contributed by atoms with van der Waals surface area (Å²) in [6, 6.07) is 6.10. The largest absolute Gasteiger partial charge is 0.368 e. The Kier molecular flexibility index (Phi) is 3.58. The van der Waals surface area contributed by atoms with Gasteiger partial charge in [-0.1, -0.05) is 23.4 Å². The summed E-state index contributed by atoms with van der Waals surface area (Å²) >= 11 is 0. The van der Waals surface area contributed by atoms with Gasteiger partial charge in [-0.3, -0.25) is 9.59 Å². The van der Waals surface area contributed by atoms with E-state index in [1.54, 1.807) is 18.2 Å². The third kappa shape index (κ3) is 2.54. The van der Waals surface area contributed by atoms with Gasteiger partial charge in [-0.05, 0) is 12.5 Å². The van der Waals surface area contributed by atoms with Crippen molar-refractivity contribution in [1.82, 2.24) is 19.9 Å². The maximum Gasteiger partial charge on any atom is 0.276 e. The number of primary amides is 1. The lowest BCUT2D eigenvalue weighted by molar-refractivity contribution is -0.118. The van der Waals surface area contributed by atoms with E-state index in [1.165, 1.54) is 21.8 Å². The van der Waals surface area contributed by atoms with Crippen LogP contribution in [0.2, 0.25) is 0 Å². The summed E-state index contributed by atoms with van der Waals surface area (Å²) in [4.78, 5) is 24.8. The highest BCUT2D eigenvalue weighted by molar-refractivity contribution is 5.92. The van der Waals surface area contributed by atoms with Gasteiger partial charge in [-0.2, -0.15) is 0 Å². The lowest BCUT2D eigenvalue weighted by atomic mass is 9.94. The van der Waals surface area contributed by atoms with Crippen molar-refractivity contribution in [2.75, 3.05) is 6.54 Å². The number of nitrogens with zero attached hydrogens (tertiary/aromatic N) is 4. The molecule has 1 atom stereocenters. The van der Waals surface area contributed by atoms with E-state index in [1.807, 2.05) is 0 Å². The number of halogens is 1. The standard InChI is InChI=1S/C14H14FN5O2/c15-10-4-2-1-3-9(10)12-5-6-20(12)14(22)11-7-19(18-17-11)8-13(16)21/h1-4,7,12H,5-6,8H2,(H2,16,21). The Balaban J connectivity index is 1.77. The number of nitrogens with two attached hydrogens (primary N) is 1. The van der Waals surface area contributed by atoms with Gasteiger partial charge in [0.15, 0.2) is 5.69 Å². The van der Waals surface area contributed by atoms with Crippen molar-refractivity contribution in [2.24, 2.45) is 5.73 Å². The number of hydrogen-bond acceptors (Lipinski definition) is 4. The Morgan fingerprint density at radius 1 is 1.36 bits per heavy atom. The first-order valence-corrected chi connectivity index (χ1v) is 6.80. The normalized spacial score (nSPS) is 17.1. The van der Waals surface area contributed by atoms with Crippen LogP contribution < -0.4 is 5.73 Å². The van der Waals surface area contributed by atoms with Crippen molar-refractivity contribution in [3.05, 3.63) is 47.5 Å². The zero-order valence-corrected chi connectivity index (χ0v) is 11.6. The fourth-order valence-corrected chi connectivity index (χ4v) is 2.48. The van der Waals surface area contributed by atoms with E-state index >= 15 is 0 Å². The molecule has 1 aliphatic heterocycles. The molecule has 114 valence electrons. The second-order valence-corrected chi connectivity index (χ2v) is 5.09. The minimum Gasteiger partial charge on any atom is -0.368 e. The highest BCUT2D eigenvalue weighted by Crippen LogP contribution is 2.35. The molecule has 1 saturated heterocycles. The van der Waals surface area contributed by atoms with Crippen LogP contribution in [-0.2, 0) is 11.3 Å². The molecule has 2 heterocycles. The van der Waals surface area contributed by atoms with Crippen LogP contribution in [0.3, 0.4) is 0 Å². The monoisotopic (exact) mass is 303 g/mol. The van der Waals surface area contributed by atoms with Gasteiger partial charge in [0.2, 0.25) is 5.91 Å². The van der Waals surface area contributed by atoms with Crippen LogP contribution in [0.15, 0.2) is 30.5 Å². The van der Waals surface area contributed by atoms with E-state index in [-0.39, 0.29) is 30.0 Å². The van der Waals surface area contributed by atoms with Crippen molar-refractivity contribution in [3.8, 4) is 0 Å². The van der Waals surface area contributed by atoms with E-state index in [9.17, 15) is 14.0 Å². The van der Waals surface area contributed by atoms with Gasteiger partial charge in [-0.15, -0.1) is 5.10 Å². The molecule has 1 unspecified atom stereocenters. The van der Waals surface area contributed by atoms with E-state index in [4.69, 9.17) is 5.73 Å². The maximum absolute atomic E-state index is 13.8. The van der Waals surface area contributed by atoms with Crippen molar-refractivity contribution in [3.63, 3.8) is 0 Å². The van der Waals surface area contributed by atoms with E-state index < -0.39 is 5.91 Å². The number of aromatic nitrogens is 3. The Bertz CT molecular complexity index is 730. The van der Waals surface area contributed by atoms with Gasteiger partial charge in [0.25, 0.3) is 5.91 Å². The minimum atomic E-state index is -0.572. The average Bonchev–Trinajstić information content (AvgIpc) is 2.87.